The molecule has 0 spiro atoms. The average Bonchev–Trinajstić information content (AvgIpc) is 3.09. The quantitative estimate of drug-likeness (QED) is 0.477. The topological polar surface area (TPSA) is 63.3 Å². The van der Waals surface area contributed by atoms with E-state index in [1.54, 1.807) is 12.3 Å². The number of phenols is 1. The van der Waals surface area contributed by atoms with Gasteiger partial charge >= 0.3 is 0 Å². The zero-order valence-corrected chi connectivity index (χ0v) is 18.6. The van der Waals surface area contributed by atoms with Gasteiger partial charge in [0.25, 0.3) is 5.56 Å². The van der Waals surface area contributed by atoms with Crippen molar-refractivity contribution in [2.75, 3.05) is 6.54 Å². The first-order chi connectivity index (χ1) is 16.2. The number of benzene rings is 2. The lowest BCUT2D eigenvalue weighted by Gasteiger charge is -2.28. The summed E-state index contributed by atoms with van der Waals surface area (Å²) in [5, 5.41) is 9.83. The van der Waals surface area contributed by atoms with Crippen molar-refractivity contribution < 1.29 is 5.11 Å². The maximum absolute atomic E-state index is 13.4. The Balaban J connectivity index is 1.46. The highest BCUT2D eigenvalue weighted by molar-refractivity contribution is 5.28. The molecule has 4 aromatic rings. The second-order valence-electron chi connectivity index (χ2n) is 8.64. The number of aromatic nitrogens is 3. The molecule has 2 aromatic carbocycles. The van der Waals surface area contributed by atoms with Gasteiger partial charge in [-0.2, -0.15) is 0 Å². The van der Waals surface area contributed by atoms with Crippen LogP contribution in [0.15, 0.2) is 83.9 Å². The van der Waals surface area contributed by atoms with Gasteiger partial charge in [0.05, 0.1) is 12.2 Å². The molecule has 5 rings (SSSR count). The minimum absolute atomic E-state index is 0.127. The summed E-state index contributed by atoms with van der Waals surface area (Å²) in [4.78, 5) is 20.0. The molecule has 0 saturated heterocycles. The van der Waals surface area contributed by atoms with Gasteiger partial charge < -0.3 is 5.11 Å². The van der Waals surface area contributed by atoms with E-state index in [4.69, 9.17) is 0 Å². The van der Waals surface area contributed by atoms with Crippen LogP contribution in [0.2, 0.25) is 0 Å². The predicted octanol–water partition coefficient (Wildman–Crippen LogP) is 3.60. The summed E-state index contributed by atoms with van der Waals surface area (Å²) in [5.74, 6) is 0.283. The van der Waals surface area contributed by atoms with Gasteiger partial charge in [0.1, 0.15) is 5.75 Å². The van der Waals surface area contributed by atoms with Gasteiger partial charge in [-0.1, -0.05) is 48.5 Å². The summed E-state index contributed by atoms with van der Waals surface area (Å²) in [6.45, 7) is 3.53. The average molecular weight is 441 g/mol. The molecule has 6 nitrogen and oxygen atoms in total. The van der Waals surface area contributed by atoms with Crippen LogP contribution < -0.4 is 5.56 Å². The lowest BCUT2D eigenvalue weighted by atomic mass is 10.1. The third-order valence-electron chi connectivity index (χ3n) is 6.32. The molecule has 0 aliphatic carbocycles. The molecule has 0 atom stereocenters. The summed E-state index contributed by atoms with van der Waals surface area (Å²) >= 11 is 0. The number of aryl methyl sites for hydroxylation is 1. The predicted molar refractivity (Wildman–Crippen MR) is 128 cm³/mol. The Morgan fingerprint density at radius 3 is 2.48 bits per heavy atom. The fraction of sp³-hybridized carbons (Fsp3) is 0.259. The van der Waals surface area contributed by atoms with Crippen LogP contribution in [0, 0.1) is 0 Å². The fourth-order valence-electron chi connectivity index (χ4n) is 4.67. The number of fused-ring (bicyclic) bond motifs is 1. The molecule has 0 saturated carbocycles. The molecule has 3 heterocycles. The summed E-state index contributed by atoms with van der Waals surface area (Å²) in [5.41, 5.74) is 5.52. The highest BCUT2D eigenvalue weighted by Crippen LogP contribution is 2.22. The monoisotopic (exact) mass is 440 g/mol. The number of pyridine rings is 1. The van der Waals surface area contributed by atoms with Crippen molar-refractivity contribution in [3.63, 3.8) is 0 Å². The largest absolute Gasteiger partial charge is 0.508 e. The van der Waals surface area contributed by atoms with Gasteiger partial charge in [-0.05, 0) is 47.7 Å². The van der Waals surface area contributed by atoms with Crippen LogP contribution in [0.4, 0.5) is 0 Å². The van der Waals surface area contributed by atoms with E-state index >= 15 is 0 Å². The molecule has 0 fully saturated rings. The molecule has 0 amide bonds. The lowest BCUT2D eigenvalue weighted by molar-refractivity contribution is 0.235. The molecule has 2 aromatic heterocycles. The molecule has 168 valence electrons. The number of hydrogen-bond acceptors (Lipinski definition) is 4. The first-order valence-electron chi connectivity index (χ1n) is 11.4. The summed E-state index contributed by atoms with van der Waals surface area (Å²) in [6, 6.07) is 21.7. The van der Waals surface area contributed by atoms with E-state index in [0.29, 0.717) is 19.6 Å². The van der Waals surface area contributed by atoms with E-state index in [9.17, 15) is 9.90 Å². The van der Waals surface area contributed by atoms with E-state index in [-0.39, 0.29) is 11.3 Å². The van der Waals surface area contributed by atoms with Crippen molar-refractivity contribution >= 4 is 0 Å². The number of nitrogens with zero attached hydrogens (tertiary/aromatic N) is 4. The van der Waals surface area contributed by atoms with Crippen LogP contribution in [0.1, 0.15) is 27.9 Å². The molecular formula is C27H28N4O2. The van der Waals surface area contributed by atoms with Crippen LogP contribution in [0.5, 0.6) is 5.75 Å². The molecule has 33 heavy (non-hydrogen) atoms. The first kappa shape index (κ1) is 21.2. The third-order valence-corrected chi connectivity index (χ3v) is 6.32. The Morgan fingerprint density at radius 1 is 0.879 bits per heavy atom. The van der Waals surface area contributed by atoms with Gasteiger partial charge in [0.2, 0.25) is 0 Å². The van der Waals surface area contributed by atoms with E-state index < -0.39 is 0 Å². The zero-order chi connectivity index (χ0) is 22.6. The molecule has 0 bridgehead atoms. The van der Waals surface area contributed by atoms with E-state index in [1.165, 1.54) is 5.56 Å². The van der Waals surface area contributed by atoms with Gasteiger partial charge in [-0.15, -0.1) is 0 Å². The maximum atomic E-state index is 13.4. The van der Waals surface area contributed by atoms with Gasteiger partial charge in [0.15, 0.2) is 0 Å². The summed E-state index contributed by atoms with van der Waals surface area (Å²) in [6.07, 6.45) is 5.18. The fourth-order valence-corrected chi connectivity index (χ4v) is 4.67. The second-order valence-corrected chi connectivity index (χ2v) is 8.64. The summed E-state index contributed by atoms with van der Waals surface area (Å²) < 4.78 is 4.08. The molecular weight excluding hydrogens is 412 g/mol. The Bertz CT molecular complexity index is 1280. The summed E-state index contributed by atoms with van der Waals surface area (Å²) in [7, 11) is 0. The standard InChI is InChI=1S/C27H28N4O2/c32-24-10-4-8-22(16-24)18-29-14-12-25-26(20-29)31(19-23-9-5-13-28-17-23)30(27(25)33)15-11-21-6-2-1-3-7-21/h1-10,13,16-17,32H,11-12,14-15,18-20H2. The Hall–Kier alpha value is -3.64. The van der Waals surface area contributed by atoms with Crippen LogP contribution >= 0.6 is 0 Å². The van der Waals surface area contributed by atoms with Crippen molar-refractivity contribution in [1.82, 2.24) is 19.2 Å². The van der Waals surface area contributed by atoms with Crippen molar-refractivity contribution in [2.45, 2.75) is 39.0 Å². The molecule has 0 radical (unpaired) electrons. The zero-order valence-electron chi connectivity index (χ0n) is 18.6. The molecule has 6 heteroatoms. The van der Waals surface area contributed by atoms with E-state index in [2.05, 4.69) is 32.8 Å². The maximum Gasteiger partial charge on any atom is 0.270 e. The van der Waals surface area contributed by atoms with Crippen LogP contribution in [0.3, 0.4) is 0 Å². The van der Waals surface area contributed by atoms with Crippen molar-refractivity contribution in [1.29, 1.82) is 0 Å². The second kappa shape index (κ2) is 9.46. The number of phenolic OH excluding ortho intramolecular Hbond substituents is 1. The smallest absolute Gasteiger partial charge is 0.270 e. The van der Waals surface area contributed by atoms with Gasteiger partial charge in [-0.3, -0.25) is 19.4 Å². The molecule has 0 unspecified atom stereocenters. The molecule has 1 N–H and O–H groups in total. The number of aromatic hydroxyl groups is 1. The Kier molecular flexibility index (Phi) is 6.09. The lowest BCUT2D eigenvalue weighted by Crippen LogP contribution is -2.32. The molecule has 1 aliphatic rings. The van der Waals surface area contributed by atoms with Crippen LogP contribution in [-0.2, 0) is 39.0 Å². The Morgan fingerprint density at radius 2 is 1.70 bits per heavy atom. The molecule has 1 aliphatic heterocycles. The number of hydrogen-bond donors (Lipinski definition) is 1. The first-order valence-corrected chi connectivity index (χ1v) is 11.4. The van der Waals surface area contributed by atoms with Crippen molar-refractivity contribution in [3.05, 3.63) is 117 Å². The van der Waals surface area contributed by atoms with Crippen molar-refractivity contribution in [3.8, 4) is 5.75 Å². The van der Waals surface area contributed by atoms with E-state index in [1.807, 2.05) is 53.3 Å². The van der Waals surface area contributed by atoms with Crippen molar-refractivity contribution in [2.24, 2.45) is 0 Å². The minimum Gasteiger partial charge on any atom is -0.508 e. The third kappa shape index (κ3) is 4.76. The minimum atomic E-state index is 0.127. The number of rotatable bonds is 7. The van der Waals surface area contributed by atoms with Crippen LogP contribution in [-0.4, -0.2) is 30.9 Å². The Labute approximate surface area is 193 Å². The highest BCUT2D eigenvalue weighted by Gasteiger charge is 2.26. The van der Waals surface area contributed by atoms with Gasteiger partial charge in [0, 0.05) is 44.1 Å². The van der Waals surface area contributed by atoms with Crippen LogP contribution in [0.25, 0.3) is 0 Å². The highest BCUT2D eigenvalue weighted by atomic mass is 16.3. The normalized spacial score (nSPS) is 13.7. The van der Waals surface area contributed by atoms with E-state index in [0.717, 1.165) is 48.3 Å². The SMILES string of the molecule is O=c1c2c(n(Cc3cccnc3)n1CCc1ccccc1)CN(Cc1cccc(O)c1)CC2. The van der Waals surface area contributed by atoms with Gasteiger partial charge in [-0.25, -0.2) is 4.68 Å².